The van der Waals surface area contributed by atoms with E-state index >= 15 is 0 Å². The van der Waals surface area contributed by atoms with Crippen LogP contribution in [0, 0.1) is 6.92 Å². The van der Waals surface area contributed by atoms with Crippen molar-refractivity contribution in [1.82, 2.24) is 0 Å². The molecule has 0 aliphatic carbocycles. The van der Waals surface area contributed by atoms with Gasteiger partial charge in [0.25, 0.3) is 0 Å². The van der Waals surface area contributed by atoms with Crippen LogP contribution in [0.2, 0.25) is 5.02 Å². The number of aryl methyl sites for hydroxylation is 2. The quantitative estimate of drug-likeness (QED) is 0.734. The van der Waals surface area contributed by atoms with Gasteiger partial charge in [-0.2, -0.15) is 0 Å². The summed E-state index contributed by atoms with van der Waals surface area (Å²) in [5, 5.41) is 5.81. The molecule has 1 atom stereocenters. The molecular weight excluding hydrogens is 358 g/mol. The van der Waals surface area contributed by atoms with Gasteiger partial charge in [0.15, 0.2) is 0 Å². The monoisotopic (exact) mass is 369 g/mol. The third-order valence-corrected chi connectivity index (χ3v) is 6.54. The molecule has 5 heteroatoms. The Bertz CT molecular complexity index is 683. The number of alkyl halides is 1. The van der Waals surface area contributed by atoms with Crippen LogP contribution in [0.25, 0.3) is 0 Å². The Morgan fingerprint density at radius 2 is 2.20 bits per heavy atom. The van der Waals surface area contributed by atoms with Crippen molar-refractivity contribution in [3.05, 3.63) is 50.2 Å². The van der Waals surface area contributed by atoms with Crippen LogP contribution in [0.15, 0.2) is 23.6 Å². The first-order valence-corrected chi connectivity index (χ1v) is 8.54. The summed E-state index contributed by atoms with van der Waals surface area (Å²) < 4.78 is 0. The Morgan fingerprint density at radius 3 is 2.90 bits per heavy atom. The second-order valence-electron chi connectivity index (χ2n) is 4.92. The highest BCUT2D eigenvalue weighted by atomic mass is 79.9. The van der Waals surface area contributed by atoms with Crippen molar-refractivity contribution < 1.29 is 4.79 Å². The van der Waals surface area contributed by atoms with E-state index in [1.807, 2.05) is 19.1 Å². The van der Waals surface area contributed by atoms with Crippen LogP contribution < -0.4 is 5.32 Å². The fourth-order valence-corrected chi connectivity index (χ4v) is 4.61. The lowest BCUT2D eigenvalue weighted by Crippen LogP contribution is -2.19. The maximum Gasteiger partial charge on any atom is 0.224 e. The van der Waals surface area contributed by atoms with E-state index in [0.29, 0.717) is 6.42 Å². The Balaban J connectivity index is 1.95. The maximum atomic E-state index is 11.4. The Labute approximate surface area is 135 Å². The van der Waals surface area contributed by atoms with Crippen LogP contribution in [0.3, 0.4) is 0 Å². The van der Waals surface area contributed by atoms with Gasteiger partial charge in [0, 0.05) is 17.0 Å². The van der Waals surface area contributed by atoms with E-state index in [2.05, 4.69) is 32.7 Å². The smallest absolute Gasteiger partial charge is 0.224 e. The summed E-state index contributed by atoms with van der Waals surface area (Å²) in [6, 6.07) is 6.17. The number of carbonyl (C=O) groups excluding carboxylic acids is 1. The predicted molar refractivity (Wildman–Crippen MR) is 88.2 cm³/mol. The van der Waals surface area contributed by atoms with Gasteiger partial charge in [-0.15, -0.1) is 11.3 Å². The SMILES string of the molecule is Cc1csc(C(Br)c2ccc3c(c2)CCC(=O)N3)c1Cl. The minimum atomic E-state index is 0.0941. The molecule has 3 rings (SSSR count). The highest BCUT2D eigenvalue weighted by molar-refractivity contribution is 9.09. The van der Waals surface area contributed by atoms with Gasteiger partial charge in [-0.25, -0.2) is 0 Å². The number of amides is 1. The summed E-state index contributed by atoms with van der Waals surface area (Å²) in [6.07, 6.45) is 1.36. The summed E-state index contributed by atoms with van der Waals surface area (Å²) in [4.78, 5) is 12.6. The van der Waals surface area contributed by atoms with Crippen molar-refractivity contribution in [3.63, 3.8) is 0 Å². The van der Waals surface area contributed by atoms with Gasteiger partial charge < -0.3 is 5.32 Å². The normalized spacial score (nSPS) is 15.7. The third kappa shape index (κ3) is 2.52. The second kappa shape index (κ2) is 5.51. The number of halogens is 2. The molecule has 1 amide bonds. The molecule has 2 aromatic rings. The number of carbonyl (C=O) groups is 1. The Hall–Kier alpha value is -0.840. The molecule has 1 N–H and O–H groups in total. The zero-order valence-corrected chi connectivity index (χ0v) is 14.0. The zero-order valence-electron chi connectivity index (χ0n) is 10.9. The molecular formula is C15H13BrClNOS. The third-order valence-electron chi connectivity index (χ3n) is 3.47. The average Bonchev–Trinajstić information content (AvgIpc) is 2.77. The highest BCUT2D eigenvalue weighted by Gasteiger charge is 2.20. The molecule has 0 saturated carbocycles. The maximum absolute atomic E-state index is 11.4. The number of rotatable bonds is 2. The average molecular weight is 371 g/mol. The van der Waals surface area contributed by atoms with Gasteiger partial charge in [-0.1, -0.05) is 39.7 Å². The number of nitrogens with one attached hydrogen (secondary N) is 1. The summed E-state index contributed by atoms with van der Waals surface area (Å²) in [5.74, 6) is 0.0950. The Morgan fingerprint density at radius 1 is 1.40 bits per heavy atom. The minimum absolute atomic E-state index is 0.0941. The number of hydrogen-bond acceptors (Lipinski definition) is 2. The standard InChI is InChI=1S/C15H13BrClNOS/c1-8-7-20-15(14(8)17)13(16)10-2-4-11-9(6-10)3-5-12(19)18-11/h2,4,6-7,13H,3,5H2,1H3,(H,18,19). The van der Waals surface area contributed by atoms with Gasteiger partial charge in [0.1, 0.15) is 0 Å². The van der Waals surface area contributed by atoms with Crippen LogP contribution in [-0.4, -0.2) is 5.91 Å². The minimum Gasteiger partial charge on any atom is -0.326 e. The van der Waals surface area contributed by atoms with Crippen LogP contribution in [0.1, 0.15) is 32.8 Å². The van der Waals surface area contributed by atoms with Gasteiger partial charge in [-0.3, -0.25) is 4.79 Å². The number of fused-ring (bicyclic) bond motifs is 1. The van der Waals surface area contributed by atoms with E-state index in [-0.39, 0.29) is 10.7 Å². The fourth-order valence-electron chi connectivity index (χ4n) is 2.33. The summed E-state index contributed by atoms with van der Waals surface area (Å²) in [7, 11) is 0. The molecule has 0 saturated heterocycles. The second-order valence-corrected chi connectivity index (χ2v) is 7.13. The van der Waals surface area contributed by atoms with E-state index in [1.54, 1.807) is 11.3 Å². The van der Waals surface area contributed by atoms with E-state index in [0.717, 1.165) is 27.6 Å². The van der Waals surface area contributed by atoms with Gasteiger partial charge in [0.2, 0.25) is 5.91 Å². The lowest BCUT2D eigenvalue weighted by Gasteiger charge is -2.19. The molecule has 2 nitrogen and oxygen atoms in total. The molecule has 0 radical (unpaired) electrons. The van der Waals surface area contributed by atoms with Crippen molar-refractivity contribution in [3.8, 4) is 0 Å². The number of benzene rings is 1. The van der Waals surface area contributed by atoms with Crippen molar-refractivity contribution >= 4 is 50.5 Å². The molecule has 104 valence electrons. The molecule has 1 unspecified atom stereocenters. The van der Waals surface area contributed by atoms with E-state index < -0.39 is 0 Å². The summed E-state index contributed by atoms with van der Waals surface area (Å²) in [5.41, 5.74) is 4.40. The van der Waals surface area contributed by atoms with E-state index in [9.17, 15) is 4.79 Å². The van der Waals surface area contributed by atoms with Crippen molar-refractivity contribution in [2.45, 2.75) is 24.6 Å². The number of anilines is 1. The molecule has 20 heavy (non-hydrogen) atoms. The molecule has 1 aliphatic heterocycles. The van der Waals surface area contributed by atoms with E-state index in [4.69, 9.17) is 11.6 Å². The van der Waals surface area contributed by atoms with E-state index in [1.165, 1.54) is 11.1 Å². The van der Waals surface area contributed by atoms with Crippen molar-refractivity contribution in [2.24, 2.45) is 0 Å². The molecule has 1 aliphatic rings. The van der Waals surface area contributed by atoms with Crippen molar-refractivity contribution in [2.75, 3.05) is 5.32 Å². The van der Waals surface area contributed by atoms with Crippen LogP contribution >= 0.6 is 38.9 Å². The molecule has 0 bridgehead atoms. The molecule has 0 spiro atoms. The summed E-state index contributed by atoms with van der Waals surface area (Å²) >= 11 is 11.7. The van der Waals surface area contributed by atoms with Crippen molar-refractivity contribution in [1.29, 1.82) is 0 Å². The molecule has 2 heterocycles. The first-order chi connectivity index (χ1) is 9.56. The van der Waals surface area contributed by atoms with Crippen LogP contribution in [0.4, 0.5) is 5.69 Å². The molecule has 1 aromatic heterocycles. The zero-order chi connectivity index (χ0) is 14.3. The summed E-state index contributed by atoms with van der Waals surface area (Å²) in [6.45, 7) is 2.02. The topological polar surface area (TPSA) is 29.1 Å². The van der Waals surface area contributed by atoms with Crippen LogP contribution in [-0.2, 0) is 11.2 Å². The molecule has 1 aromatic carbocycles. The number of thiophene rings is 1. The van der Waals surface area contributed by atoms with Crippen LogP contribution in [0.5, 0.6) is 0 Å². The first-order valence-electron chi connectivity index (χ1n) is 6.36. The predicted octanol–water partition coefficient (Wildman–Crippen LogP) is 5.08. The first kappa shape index (κ1) is 14.1. The Kier molecular flexibility index (Phi) is 3.89. The van der Waals surface area contributed by atoms with Gasteiger partial charge >= 0.3 is 0 Å². The fraction of sp³-hybridized carbons (Fsp3) is 0.267. The lowest BCUT2D eigenvalue weighted by atomic mass is 9.99. The van der Waals surface area contributed by atoms with Gasteiger partial charge in [-0.05, 0) is 41.5 Å². The number of hydrogen-bond donors (Lipinski definition) is 1. The highest BCUT2D eigenvalue weighted by Crippen LogP contribution is 2.41. The van der Waals surface area contributed by atoms with Gasteiger partial charge in [0.05, 0.1) is 9.85 Å². The lowest BCUT2D eigenvalue weighted by molar-refractivity contribution is -0.116. The molecule has 0 fully saturated rings. The largest absolute Gasteiger partial charge is 0.326 e.